The monoisotopic (exact) mass is 268 g/mol. The van der Waals surface area contributed by atoms with Crippen LogP contribution < -0.4 is 5.32 Å². The van der Waals surface area contributed by atoms with Crippen LogP contribution in [0, 0.1) is 0 Å². The molecular formula is C11H12N2O2S2. The molecular weight excluding hydrogens is 256 g/mol. The maximum Gasteiger partial charge on any atom is 0.182 e. The van der Waals surface area contributed by atoms with Crippen molar-refractivity contribution >= 4 is 26.3 Å². The summed E-state index contributed by atoms with van der Waals surface area (Å²) in [6, 6.07) is 6.74. The van der Waals surface area contributed by atoms with Crippen molar-refractivity contribution in [2.45, 2.75) is 4.90 Å². The van der Waals surface area contributed by atoms with Crippen molar-refractivity contribution < 1.29 is 8.42 Å². The first-order valence-corrected chi connectivity index (χ1v) is 7.71. The van der Waals surface area contributed by atoms with E-state index in [-0.39, 0.29) is 0 Å². The molecule has 0 saturated carbocycles. The van der Waals surface area contributed by atoms with Gasteiger partial charge in [-0.1, -0.05) is 12.1 Å². The van der Waals surface area contributed by atoms with Crippen LogP contribution in [-0.2, 0) is 9.84 Å². The first kappa shape index (κ1) is 12.1. The van der Waals surface area contributed by atoms with Gasteiger partial charge in [-0.05, 0) is 12.1 Å². The van der Waals surface area contributed by atoms with Crippen LogP contribution in [0.15, 0.2) is 34.5 Å². The maximum absolute atomic E-state index is 11.3. The van der Waals surface area contributed by atoms with Crippen LogP contribution in [0.3, 0.4) is 0 Å². The van der Waals surface area contributed by atoms with E-state index in [4.69, 9.17) is 0 Å². The third-order valence-corrected chi connectivity index (χ3v) is 4.28. The fraction of sp³-hybridized carbons (Fsp3) is 0.182. The van der Waals surface area contributed by atoms with E-state index in [0.29, 0.717) is 4.90 Å². The Balaban J connectivity index is 2.35. The number of nitrogens with zero attached hydrogens (tertiary/aromatic N) is 1. The molecule has 1 heterocycles. The smallest absolute Gasteiger partial charge is 0.182 e. The predicted molar refractivity (Wildman–Crippen MR) is 70.2 cm³/mol. The van der Waals surface area contributed by atoms with E-state index in [2.05, 4.69) is 10.3 Å². The van der Waals surface area contributed by atoms with Crippen LogP contribution in [0.4, 0.5) is 5.13 Å². The number of rotatable bonds is 3. The Morgan fingerprint density at radius 1 is 1.24 bits per heavy atom. The standard InChI is InChI=1S/C11H12N2O2S2/c1-12-11-13-10(7-16-11)8-3-5-9(6-4-8)17(2,14)15/h3-7H,1-2H3,(H,12,13). The van der Waals surface area contributed by atoms with E-state index >= 15 is 0 Å². The third kappa shape index (κ3) is 2.65. The highest BCUT2D eigenvalue weighted by molar-refractivity contribution is 7.90. The highest BCUT2D eigenvalue weighted by Crippen LogP contribution is 2.25. The number of thiazole rings is 1. The normalized spacial score (nSPS) is 11.4. The van der Waals surface area contributed by atoms with Crippen molar-refractivity contribution in [3.05, 3.63) is 29.6 Å². The molecule has 90 valence electrons. The predicted octanol–water partition coefficient (Wildman–Crippen LogP) is 2.26. The SMILES string of the molecule is CNc1nc(-c2ccc(S(C)(=O)=O)cc2)cs1. The van der Waals surface area contributed by atoms with Gasteiger partial charge in [0.25, 0.3) is 0 Å². The van der Waals surface area contributed by atoms with Gasteiger partial charge in [-0.3, -0.25) is 0 Å². The average molecular weight is 268 g/mol. The van der Waals surface area contributed by atoms with Crippen molar-refractivity contribution in [1.82, 2.24) is 4.98 Å². The number of aromatic nitrogens is 1. The lowest BCUT2D eigenvalue weighted by Crippen LogP contribution is -1.96. The van der Waals surface area contributed by atoms with E-state index in [1.54, 1.807) is 24.3 Å². The van der Waals surface area contributed by atoms with Crippen molar-refractivity contribution in [3.8, 4) is 11.3 Å². The molecule has 0 amide bonds. The highest BCUT2D eigenvalue weighted by Gasteiger charge is 2.08. The largest absolute Gasteiger partial charge is 0.365 e. The van der Waals surface area contributed by atoms with E-state index in [9.17, 15) is 8.42 Å². The molecule has 0 unspecified atom stereocenters. The first-order valence-electron chi connectivity index (χ1n) is 4.94. The molecule has 0 aliphatic rings. The van der Waals surface area contributed by atoms with Gasteiger partial charge >= 0.3 is 0 Å². The molecule has 0 aliphatic heterocycles. The molecule has 0 aliphatic carbocycles. The zero-order valence-electron chi connectivity index (χ0n) is 9.47. The van der Waals surface area contributed by atoms with Gasteiger partial charge in [0, 0.05) is 24.2 Å². The minimum absolute atomic E-state index is 0.324. The summed E-state index contributed by atoms with van der Waals surface area (Å²) < 4.78 is 22.6. The zero-order valence-corrected chi connectivity index (χ0v) is 11.1. The van der Waals surface area contributed by atoms with Gasteiger partial charge in [0.2, 0.25) is 0 Å². The summed E-state index contributed by atoms with van der Waals surface area (Å²) in [6.45, 7) is 0. The fourth-order valence-electron chi connectivity index (χ4n) is 1.39. The molecule has 4 nitrogen and oxygen atoms in total. The summed E-state index contributed by atoms with van der Waals surface area (Å²) in [5.74, 6) is 0. The molecule has 2 rings (SSSR count). The fourth-order valence-corrected chi connectivity index (χ4v) is 2.71. The van der Waals surface area contributed by atoms with Crippen LogP contribution in [0.2, 0.25) is 0 Å². The summed E-state index contributed by atoms with van der Waals surface area (Å²) in [5, 5.41) is 5.74. The summed E-state index contributed by atoms with van der Waals surface area (Å²) in [7, 11) is -1.32. The number of nitrogens with one attached hydrogen (secondary N) is 1. The zero-order chi connectivity index (χ0) is 12.5. The second-order valence-corrected chi connectivity index (χ2v) is 6.46. The average Bonchev–Trinajstić information content (AvgIpc) is 2.76. The van der Waals surface area contributed by atoms with E-state index < -0.39 is 9.84 Å². The Hall–Kier alpha value is -1.40. The van der Waals surface area contributed by atoms with Crippen LogP contribution in [0.1, 0.15) is 0 Å². The molecule has 6 heteroatoms. The quantitative estimate of drug-likeness (QED) is 0.927. The Bertz CT molecular complexity index is 615. The lowest BCUT2D eigenvalue weighted by molar-refractivity contribution is 0.602. The van der Waals surface area contributed by atoms with Crippen molar-refractivity contribution in [2.24, 2.45) is 0 Å². The molecule has 0 atom stereocenters. The lowest BCUT2D eigenvalue weighted by Gasteiger charge is -2.00. The van der Waals surface area contributed by atoms with Crippen LogP contribution in [0.5, 0.6) is 0 Å². The van der Waals surface area contributed by atoms with Gasteiger partial charge in [-0.2, -0.15) is 0 Å². The molecule has 0 saturated heterocycles. The van der Waals surface area contributed by atoms with Crippen LogP contribution in [-0.4, -0.2) is 26.7 Å². The van der Waals surface area contributed by atoms with E-state index in [0.717, 1.165) is 16.4 Å². The van der Waals surface area contributed by atoms with E-state index in [1.807, 2.05) is 12.4 Å². The topological polar surface area (TPSA) is 59.1 Å². The molecule has 0 bridgehead atoms. The molecule has 1 aromatic carbocycles. The lowest BCUT2D eigenvalue weighted by atomic mass is 10.2. The summed E-state index contributed by atoms with van der Waals surface area (Å²) in [4.78, 5) is 4.67. The number of benzene rings is 1. The summed E-state index contributed by atoms with van der Waals surface area (Å²) >= 11 is 1.51. The molecule has 0 radical (unpaired) electrons. The number of hydrogen-bond acceptors (Lipinski definition) is 5. The Kier molecular flexibility index (Phi) is 3.17. The second-order valence-electron chi connectivity index (χ2n) is 3.58. The summed E-state index contributed by atoms with van der Waals surface area (Å²) in [5.41, 5.74) is 1.76. The Morgan fingerprint density at radius 3 is 2.35 bits per heavy atom. The van der Waals surface area contributed by atoms with Crippen molar-refractivity contribution in [2.75, 3.05) is 18.6 Å². The minimum Gasteiger partial charge on any atom is -0.365 e. The first-order chi connectivity index (χ1) is 8.00. The van der Waals surface area contributed by atoms with Gasteiger partial charge in [-0.25, -0.2) is 13.4 Å². The number of sulfone groups is 1. The van der Waals surface area contributed by atoms with Crippen molar-refractivity contribution in [3.63, 3.8) is 0 Å². The summed E-state index contributed by atoms with van der Waals surface area (Å²) in [6.07, 6.45) is 1.20. The number of hydrogen-bond donors (Lipinski definition) is 1. The molecule has 0 spiro atoms. The Morgan fingerprint density at radius 2 is 1.88 bits per heavy atom. The molecule has 1 N–H and O–H groups in total. The number of anilines is 1. The minimum atomic E-state index is -3.13. The van der Waals surface area contributed by atoms with Gasteiger partial charge in [0.15, 0.2) is 15.0 Å². The van der Waals surface area contributed by atoms with Crippen molar-refractivity contribution in [1.29, 1.82) is 0 Å². The van der Waals surface area contributed by atoms with Gasteiger partial charge < -0.3 is 5.32 Å². The molecule has 0 fully saturated rings. The third-order valence-electron chi connectivity index (χ3n) is 2.30. The second kappa shape index (κ2) is 4.46. The molecule has 2 aromatic rings. The van der Waals surface area contributed by atoms with Gasteiger partial charge in [-0.15, -0.1) is 11.3 Å². The Labute approximate surface area is 104 Å². The molecule has 17 heavy (non-hydrogen) atoms. The van der Waals surface area contributed by atoms with E-state index in [1.165, 1.54) is 17.6 Å². The van der Waals surface area contributed by atoms with Crippen LogP contribution >= 0.6 is 11.3 Å². The van der Waals surface area contributed by atoms with Gasteiger partial charge in [0.05, 0.1) is 10.6 Å². The van der Waals surface area contributed by atoms with Gasteiger partial charge in [0.1, 0.15) is 0 Å². The van der Waals surface area contributed by atoms with Crippen LogP contribution in [0.25, 0.3) is 11.3 Å². The maximum atomic E-state index is 11.3. The highest BCUT2D eigenvalue weighted by atomic mass is 32.2. The molecule has 1 aromatic heterocycles.